The van der Waals surface area contributed by atoms with E-state index in [1.165, 1.54) is 26.0 Å². The van der Waals surface area contributed by atoms with Gasteiger partial charge >= 0.3 is 0 Å². The van der Waals surface area contributed by atoms with Gasteiger partial charge in [0, 0.05) is 13.8 Å². The number of rotatable bonds is 0. The van der Waals surface area contributed by atoms with Crippen LogP contribution in [0.5, 0.6) is 0 Å². The smallest absolute Gasteiger partial charge is 0.202 e. The van der Waals surface area contributed by atoms with Crippen molar-refractivity contribution < 1.29 is 9.59 Å². The summed E-state index contributed by atoms with van der Waals surface area (Å²) in [6, 6.07) is 0. The second-order valence-electron chi connectivity index (χ2n) is 1.98. The van der Waals surface area contributed by atoms with Gasteiger partial charge in [0.05, 0.1) is 0 Å². The molecular weight excluding hydrogens is 152 g/mol. The van der Waals surface area contributed by atoms with E-state index in [9.17, 15) is 9.59 Å². The Kier molecular flexibility index (Phi) is 5.05. The predicted octanol–water partition coefficient (Wildman–Crippen LogP) is 0.727. The average Bonchev–Trinajstić information content (AvgIpc) is 1.95. The SMILES string of the molecule is CC(=O)C#CC=CC#CC(C)=O. The molecule has 12 heavy (non-hydrogen) atoms. The lowest BCUT2D eigenvalue weighted by Gasteiger charge is -1.68. The van der Waals surface area contributed by atoms with Crippen molar-refractivity contribution in [1.29, 1.82) is 0 Å². The zero-order valence-electron chi connectivity index (χ0n) is 6.97. The molecule has 0 heterocycles. The molecule has 0 radical (unpaired) electrons. The van der Waals surface area contributed by atoms with Gasteiger partial charge in [0.2, 0.25) is 11.6 Å². The molecule has 0 fully saturated rings. The third-order valence-corrected chi connectivity index (χ3v) is 0.746. The minimum atomic E-state index is -0.195. The lowest BCUT2D eigenvalue weighted by Crippen LogP contribution is -1.79. The molecule has 0 spiro atoms. The van der Waals surface area contributed by atoms with Crippen molar-refractivity contribution >= 4 is 11.6 Å². The molecule has 0 aromatic heterocycles. The van der Waals surface area contributed by atoms with Gasteiger partial charge in [0.15, 0.2) is 0 Å². The molecule has 0 N–H and O–H groups in total. The molecular formula is C10H8O2. The summed E-state index contributed by atoms with van der Waals surface area (Å²) in [5, 5.41) is 0. The van der Waals surface area contributed by atoms with Crippen molar-refractivity contribution in [3.63, 3.8) is 0 Å². The Labute approximate surface area is 71.7 Å². The van der Waals surface area contributed by atoms with Gasteiger partial charge in [-0.3, -0.25) is 9.59 Å². The van der Waals surface area contributed by atoms with Crippen LogP contribution in [-0.4, -0.2) is 11.6 Å². The molecule has 2 nitrogen and oxygen atoms in total. The van der Waals surface area contributed by atoms with E-state index in [-0.39, 0.29) is 11.6 Å². The fourth-order valence-corrected chi connectivity index (χ4v) is 0.370. The van der Waals surface area contributed by atoms with E-state index in [2.05, 4.69) is 23.7 Å². The molecule has 0 unspecified atom stereocenters. The summed E-state index contributed by atoms with van der Waals surface area (Å²) < 4.78 is 0. The summed E-state index contributed by atoms with van der Waals surface area (Å²) in [6.07, 6.45) is 2.86. The van der Waals surface area contributed by atoms with E-state index in [1.807, 2.05) is 0 Å². The van der Waals surface area contributed by atoms with Crippen LogP contribution in [0.3, 0.4) is 0 Å². The maximum absolute atomic E-state index is 10.3. The molecule has 0 bridgehead atoms. The minimum Gasteiger partial charge on any atom is -0.285 e. The Hall–Kier alpha value is -1.80. The summed E-state index contributed by atoms with van der Waals surface area (Å²) in [5.41, 5.74) is 0. The Morgan fingerprint density at radius 3 is 1.50 bits per heavy atom. The van der Waals surface area contributed by atoms with Gasteiger partial charge in [0.1, 0.15) is 0 Å². The molecule has 0 atom stereocenters. The summed E-state index contributed by atoms with van der Waals surface area (Å²) in [7, 11) is 0. The van der Waals surface area contributed by atoms with Gasteiger partial charge in [-0.05, 0) is 24.0 Å². The highest BCUT2D eigenvalue weighted by Crippen LogP contribution is 1.69. The average molecular weight is 160 g/mol. The van der Waals surface area contributed by atoms with Crippen LogP contribution >= 0.6 is 0 Å². The monoisotopic (exact) mass is 160 g/mol. The van der Waals surface area contributed by atoms with Crippen molar-refractivity contribution in [2.24, 2.45) is 0 Å². The van der Waals surface area contributed by atoms with E-state index in [0.29, 0.717) is 0 Å². The second kappa shape index (κ2) is 5.95. The van der Waals surface area contributed by atoms with Crippen molar-refractivity contribution in [2.45, 2.75) is 13.8 Å². The van der Waals surface area contributed by atoms with E-state index in [4.69, 9.17) is 0 Å². The van der Waals surface area contributed by atoms with E-state index < -0.39 is 0 Å². The van der Waals surface area contributed by atoms with E-state index >= 15 is 0 Å². The molecule has 0 aliphatic heterocycles. The molecule has 0 rings (SSSR count). The number of Topliss-reactive ketones (excluding diaryl/α,β-unsaturated/α-hetero) is 2. The fraction of sp³-hybridized carbons (Fsp3) is 0.200. The fourth-order valence-electron chi connectivity index (χ4n) is 0.370. The first-order valence-electron chi connectivity index (χ1n) is 3.32. The van der Waals surface area contributed by atoms with Crippen LogP contribution in [0.4, 0.5) is 0 Å². The first-order chi connectivity index (χ1) is 5.63. The number of carbonyl (C=O) groups is 2. The van der Waals surface area contributed by atoms with Crippen LogP contribution in [0, 0.1) is 23.7 Å². The molecule has 2 heteroatoms. The van der Waals surface area contributed by atoms with Crippen LogP contribution in [0.25, 0.3) is 0 Å². The van der Waals surface area contributed by atoms with Crippen LogP contribution in [0.1, 0.15) is 13.8 Å². The minimum absolute atomic E-state index is 0.195. The lowest BCUT2D eigenvalue weighted by atomic mass is 10.4. The number of ketones is 2. The Balaban J connectivity index is 3.99. The van der Waals surface area contributed by atoms with Gasteiger partial charge in [-0.2, -0.15) is 0 Å². The van der Waals surface area contributed by atoms with Gasteiger partial charge in [-0.15, -0.1) is 0 Å². The van der Waals surface area contributed by atoms with Crippen molar-refractivity contribution in [3.05, 3.63) is 12.2 Å². The number of allylic oxidation sites excluding steroid dienone is 2. The highest BCUT2D eigenvalue weighted by Gasteiger charge is 1.75. The first-order valence-corrected chi connectivity index (χ1v) is 3.32. The van der Waals surface area contributed by atoms with Gasteiger partial charge in [-0.1, -0.05) is 11.8 Å². The third-order valence-electron chi connectivity index (χ3n) is 0.746. The highest BCUT2D eigenvalue weighted by molar-refractivity contribution is 5.94. The molecule has 0 saturated carbocycles. The van der Waals surface area contributed by atoms with E-state index in [1.54, 1.807) is 0 Å². The lowest BCUT2D eigenvalue weighted by molar-refractivity contribution is -0.112. The number of hydrogen-bond acceptors (Lipinski definition) is 2. The topological polar surface area (TPSA) is 34.1 Å². The zero-order chi connectivity index (χ0) is 9.40. The quantitative estimate of drug-likeness (QED) is 0.386. The summed E-state index contributed by atoms with van der Waals surface area (Å²) in [6.45, 7) is 2.75. The third kappa shape index (κ3) is 8.20. The van der Waals surface area contributed by atoms with Crippen LogP contribution in [-0.2, 0) is 9.59 Å². The van der Waals surface area contributed by atoms with Crippen LogP contribution in [0.15, 0.2) is 12.2 Å². The van der Waals surface area contributed by atoms with Crippen LogP contribution in [0.2, 0.25) is 0 Å². The summed E-state index contributed by atoms with van der Waals surface area (Å²) in [4.78, 5) is 20.6. The summed E-state index contributed by atoms with van der Waals surface area (Å²) >= 11 is 0. The Bertz CT molecular complexity index is 292. The standard InChI is InChI=1S/C10H8O2/c1-9(11)7-5-3-4-6-8-10(2)12/h3-4H,1-2H3. The van der Waals surface area contributed by atoms with Gasteiger partial charge < -0.3 is 0 Å². The predicted molar refractivity (Wildman–Crippen MR) is 46.1 cm³/mol. The largest absolute Gasteiger partial charge is 0.285 e. The van der Waals surface area contributed by atoms with Crippen molar-refractivity contribution in [2.75, 3.05) is 0 Å². The maximum Gasteiger partial charge on any atom is 0.202 e. The van der Waals surface area contributed by atoms with Crippen LogP contribution < -0.4 is 0 Å². The Morgan fingerprint density at radius 1 is 0.917 bits per heavy atom. The molecule has 0 aromatic rings. The van der Waals surface area contributed by atoms with Crippen molar-refractivity contribution in [3.8, 4) is 23.7 Å². The second-order valence-corrected chi connectivity index (χ2v) is 1.98. The highest BCUT2D eigenvalue weighted by atomic mass is 16.1. The molecule has 0 saturated heterocycles. The van der Waals surface area contributed by atoms with Gasteiger partial charge in [0.25, 0.3) is 0 Å². The molecule has 0 aliphatic rings. The molecule has 60 valence electrons. The number of hydrogen-bond donors (Lipinski definition) is 0. The normalized spacial score (nSPS) is 7.83. The van der Waals surface area contributed by atoms with Crippen molar-refractivity contribution in [1.82, 2.24) is 0 Å². The zero-order valence-corrected chi connectivity index (χ0v) is 6.97. The number of carbonyl (C=O) groups excluding carboxylic acids is 2. The molecule has 0 aromatic carbocycles. The van der Waals surface area contributed by atoms with E-state index in [0.717, 1.165) is 0 Å². The first kappa shape index (κ1) is 10.2. The molecule has 0 amide bonds. The Morgan fingerprint density at radius 2 is 1.25 bits per heavy atom. The maximum atomic E-state index is 10.3. The summed E-state index contributed by atoms with van der Waals surface area (Å²) in [5.74, 6) is 9.15. The molecule has 0 aliphatic carbocycles. The van der Waals surface area contributed by atoms with Gasteiger partial charge in [-0.25, -0.2) is 0 Å².